The number of rotatable bonds is 9. The molecule has 0 fully saturated rings. The first-order valence-electron chi connectivity index (χ1n) is 10.6. The molecule has 1 amide bonds. The number of hydrogen-bond acceptors (Lipinski definition) is 5. The van der Waals surface area contributed by atoms with Crippen molar-refractivity contribution in [2.24, 2.45) is 0 Å². The summed E-state index contributed by atoms with van der Waals surface area (Å²) in [5.41, 5.74) is 4.02. The lowest BCUT2D eigenvalue weighted by atomic mass is 10.1. The van der Waals surface area contributed by atoms with Crippen LogP contribution in [0.4, 0.5) is 5.13 Å². The van der Waals surface area contributed by atoms with Crippen LogP contribution in [-0.4, -0.2) is 48.6 Å². The maximum Gasteiger partial charge on any atom is 0.260 e. The number of likely N-dealkylation sites (N-methyl/N-ethyl adjacent to an activating group) is 1. The molecule has 0 spiro atoms. The fraction of sp³-hybridized carbons (Fsp3) is 0.417. The second kappa shape index (κ2) is 11.5. The standard InChI is InChI=1S/C24H31N3O2S.ClH/c1-6-26(7-2)15-16-27(23(28)19-10-12-20(13-11-19)29-8-3)24-25-22-18(5)17(4)9-14-21(22)30-24;/h9-14H,6-8,15-16H2,1-5H3;1H. The summed E-state index contributed by atoms with van der Waals surface area (Å²) in [6.45, 7) is 14.4. The molecule has 0 aliphatic heterocycles. The van der Waals surface area contributed by atoms with E-state index < -0.39 is 0 Å². The highest BCUT2D eigenvalue weighted by atomic mass is 35.5. The van der Waals surface area contributed by atoms with Crippen LogP contribution < -0.4 is 9.64 Å². The largest absolute Gasteiger partial charge is 0.494 e. The summed E-state index contributed by atoms with van der Waals surface area (Å²) in [4.78, 5) is 22.5. The number of hydrogen-bond donors (Lipinski definition) is 0. The van der Waals surface area contributed by atoms with Gasteiger partial charge >= 0.3 is 0 Å². The summed E-state index contributed by atoms with van der Waals surface area (Å²) in [6, 6.07) is 11.6. The Kier molecular flexibility index (Phi) is 9.29. The minimum absolute atomic E-state index is 0. The minimum atomic E-state index is -0.0290. The van der Waals surface area contributed by atoms with Crippen LogP contribution in [0.5, 0.6) is 5.75 Å². The smallest absolute Gasteiger partial charge is 0.260 e. The monoisotopic (exact) mass is 461 g/mol. The Balaban J connectivity index is 0.00000341. The average Bonchev–Trinajstić information content (AvgIpc) is 3.19. The Hall–Kier alpha value is -2.15. The number of carbonyl (C=O) groups excluding carboxylic acids is 1. The fourth-order valence-corrected chi connectivity index (χ4v) is 4.46. The van der Waals surface area contributed by atoms with Gasteiger partial charge in [0.15, 0.2) is 5.13 Å². The third kappa shape index (κ3) is 5.76. The van der Waals surface area contributed by atoms with E-state index in [-0.39, 0.29) is 18.3 Å². The fourth-order valence-electron chi connectivity index (χ4n) is 3.41. The van der Waals surface area contributed by atoms with Gasteiger partial charge in [-0.3, -0.25) is 9.69 Å². The van der Waals surface area contributed by atoms with E-state index in [1.54, 1.807) is 11.3 Å². The van der Waals surface area contributed by atoms with Crippen LogP contribution in [0, 0.1) is 13.8 Å². The van der Waals surface area contributed by atoms with Gasteiger partial charge in [0, 0.05) is 18.7 Å². The molecule has 1 aromatic heterocycles. The van der Waals surface area contributed by atoms with Crippen molar-refractivity contribution in [3.63, 3.8) is 0 Å². The summed E-state index contributed by atoms with van der Waals surface area (Å²) in [5.74, 6) is 0.744. The average molecular weight is 462 g/mol. The van der Waals surface area contributed by atoms with Gasteiger partial charge in [0.2, 0.25) is 0 Å². The molecule has 0 atom stereocenters. The molecule has 3 aromatic rings. The quantitative estimate of drug-likeness (QED) is 0.408. The number of ether oxygens (including phenoxy) is 1. The molecular weight excluding hydrogens is 430 g/mol. The minimum Gasteiger partial charge on any atom is -0.494 e. The third-order valence-corrected chi connectivity index (χ3v) is 6.54. The van der Waals surface area contributed by atoms with E-state index in [9.17, 15) is 4.79 Å². The molecule has 0 radical (unpaired) electrons. The molecule has 168 valence electrons. The Labute approximate surface area is 195 Å². The maximum absolute atomic E-state index is 13.5. The normalized spacial score (nSPS) is 10.9. The van der Waals surface area contributed by atoms with Crippen LogP contribution in [0.15, 0.2) is 36.4 Å². The molecule has 7 heteroatoms. The SMILES string of the molecule is CCOc1ccc(C(=O)N(CCN(CC)CC)c2nc3c(C)c(C)ccc3s2)cc1.Cl. The molecule has 0 unspecified atom stereocenters. The molecule has 0 saturated carbocycles. The van der Waals surface area contributed by atoms with Crippen molar-refractivity contribution >= 4 is 45.0 Å². The summed E-state index contributed by atoms with van der Waals surface area (Å²) in [5, 5.41) is 0.754. The van der Waals surface area contributed by atoms with Gasteiger partial charge in [-0.05, 0) is 75.3 Å². The van der Waals surface area contributed by atoms with Crippen LogP contribution in [0.25, 0.3) is 10.2 Å². The number of anilines is 1. The Bertz CT molecular complexity index is 1000. The van der Waals surface area contributed by atoms with Gasteiger partial charge in [0.05, 0.1) is 16.8 Å². The maximum atomic E-state index is 13.5. The van der Waals surface area contributed by atoms with Crippen molar-refractivity contribution in [3.8, 4) is 5.75 Å². The van der Waals surface area contributed by atoms with Crippen molar-refractivity contribution < 1.29 is 9.53 Å². The van der Waals surface area contributed by atoms with Gasteiger partial charge in [-0.2, -0.15) is 0 Å². The van der Waals surface area contributed by atoms with Crippen LogP contribution in [0.2, 0.25) is 0 Å². The second-order valence-corrected chi connectivity index (χ2v) is 8.30. The van der Waals surface area contributed by atoms with E-state index in [1.165, 1.54) is 11.1 Å². The number of fused-ring (bicyclic) bond motifs is 1. The van der Waals surface area contributed by atoms with E-state index in [1.807, 2.05) is 36.1 Å². The van der Waals surface area contributed by atoms with E-state index in [2.05, 4.69) is 44.7 Å². The van der Waals surface area contributed by atoms with Gasteiger partial charge in [0.25, 0.3) is 5.91 Å². The van der Waals surface area contributed by atoms with Crippen molar-refractivity contribution in [1.82, 2.24) is 9.88 Å². The second-order valence-electron chi connectivity index (χ2n) is 7.29. The molecule has 1 heterocycles. The molecule has 3 rings (SSSR count). The van der Waals surface area contributed by atoms with Crippen LogP contribution in [0.3, 0.4) is 0 Å². The molecular formula is C24H32ClN3O2S. The first kappa shape index (κ1) is 25.1. The third-order valence-electron chi connectivity index (χ3n) is 5.50. The number of carbonyl (C=O) groups is 1. The van der Waals surface area contributed by atoms with Crippen LogP contribution in [0.1, 0.15) is 42.3 Å². The molecule has 0 aliphatic carbocycles. The number of halogens is 1. The van der Waals surface area contributed by atoms with E-state index in [4.69, 9.17) is 9.72 Å². The lowest BCUT2D eigenvalue weighted by Gasteiger charge is -2.24. The van der Waals surface area contributed by atoms with Crippen molar-refractivity contribution in [1.29, 1.82) is 0 Å². The highest BCUT2D eigenvalue weighted by molar-refractivity contribution is 7.22. The lowest BCUT2D eigenvalue weighted by molar-refractivity contribution is 0.0983. The van der Waals surface area contributed by atoms with Gasteiger partial charge in [-0.1, -0.05) is 31.3 Å². The van der Waals surface area contributed by atoms with Crippen molar-refractivity contribution in [2.45, 2.75) is 34.6 Å². The summed E-state index contributed by atoms with van der Waals surface area (Å²) in [7, 11) is 0. The van der Waals surface area contributed by atoms with Crippen LogP contribution >= 0.6 is 23.7 Å². The molecule has 0 aliphatic rings. The van der Waals surface area contributed by atoms with E-state index in [0.29, 0.717) is 18.7 Å². The zero-order valence-corrected chi connectivity index (χ0v) is 20.6. The topological polar surface area (TPSA) is 45.7 Å². The molecule has 2 aromatic carbocycles. The first-order valence-corrected chi connectivity index (χ1v) is 11.4. The number of amides is 1. The Morgan fingerprint density at radius 1 is 1.00 bits per heavy atom. The number of aryl methyl sites for hydroxylation is 2. The van der Waals surface area contributed by atoms with Crippen LogP contribution in [-0.2, 0) is 0 Å². The summed E-state index contributed by atoms with van der Waals surface area (Å²) < 4.78 is 6.63. The Morgan fingerprint density at radius 2 is 1.68 bits per heavy atom. The van der Waals surface area contributed by atoms with Crippen molar-refractivity contribution in [2.75, 3.05) is 37.7 Å². The van der Waals surface area contributed by atoms with E-state index in [0.717, 1.165) is 40.7 Å². The number of nitrogens with zero attached hydrogens (tertiary/aromatic N) is 3. The highest BCUT2D eigenvalue weighted by Gasteiger charge is 2.22. The van der Waals surface area contributed by atoms with Gasteiger partial charge in [-0.25, -0.2) is 4.98 Å². The predicted octanol–water partition coefficient (Wildman–Crippen LogP) is 5.72. The van der Waals surface area contributed by atoms with Gasteiger partial charge < -0.3 is 9.64 Å². The van der Waals surface area contributed by atoms with Gasteiger partial charge in [0.1, 0.15) is 5.75 Å². The molecule has 0 N–H and O–H groups in total. The zero-order valence-electron chi connectivity index (χ0n) is 19.0. The zero-order chi connectivity index (χ0) is 21.7. The lowest BCUT2D eigenvalue weighted by Crippen LogP contribution is -2.38. The molecule has 31 heavy (non-hydrogen) atoms. The molecule has 0 saturated heterocycles. The van der Waals surface area contributed by atoms with Crippen molar-refractivity contribution in [3.05, 3.63) is 53.1 Å². The summed E-state index contributed by atoms with van der Waals surface area (Å²) in [6.07, 6.45) is 0. The number of benzene rings is 2. The summed E-state index contributed by atoms with van der Waals surface area (Å²) >= 11 is 1.58. The predicted molar refractivity (Wildman–Crippen MR) is 133 cm³/mol. The Morgan fingerprint density at radius 3 is 2.29 bits per heavy atom. The molecule has 0 bridgehead atoms. The number of aromatic nitrogens is 1. The molecule has 5 nitrogen and oxygen atoms in total. The number of thiazole rings is 1. The van der Waals surface area contributed by atoms with Gasteiger partial charge in [-0.15, -0.1) is 12.4 Å². The van der Waals surface area contributed by atoms with E-state index >= 15 is 0 Å². The highest BCUT2D eigenvalue weighted by Crippen LogP contribution is 2.32. The first-order chi connectivity index (χ1) is 14.5.